The highest BCUT2D eigenvalue weighted by Crippen LogP contribution is 2.23. The third-order valence-electron chi connectivity index (χ3n) is 5.69. The Kier molecular flexibility index (Phi) is 6.80. The quantitative estimate of drug-likeness (QED) is 0.380. The monoisotopic (exact) mass is 459 g/mol. The molecule has 1 aliphatic rings. The van der Waals surface area contributed by atoms with E-state index in [1.165, 1.54) is 0 Å². The van der Waals surface area contributed by atoms with Gasteiger partial charge in [0, 0.05) is 29.2 Å². The van der Waals surface area contributed by atoms with Crippen LogP contribution in [-0.4, -0.2) is 23.3 Å². The van der Waals surface area contributed by atoms with Crippen LogP contribution in [0.2, 0.25) is 5.02 Å². The van der Waals surface area contributed by atoms with Gasteiger partial charge in [0.15, 0.2) is 0 Å². The van der Waals surface area contributed by atoms with Crippen LogP contribution in [0.25, 0.3) is 6.08 Å². The Balaban J connectivity index is 1.41. The van der Waals surface area contributed by atoms with E-state index in [4.69, 9.17) is 17.3 Å². The lowest BCUT2D eigenvalue weighted by Gasteiger charge is -2.28. The van der Waals surface area contributed by atoms with Crippen LogP contribution in [0.4, 0.5) is 11.4 Å². The van der Waals surface area contributed by atoms with Gasteiger partial charge in [-0.25, -0.2) is 0 Å². The minimum absolute atomic E-state index is 0.0489. The van der Waals surface area contributed by atoms with Crippen LogP contribution >= 0.6 is 11.6 Å². The van der Waals surface area contributed by atoms with Gasteiger partial charge < -0.3 is 16.0 Å². The Labute approximate surface area is 198 Å². The summed E-state index contributed by atoms with van der Waals surface area (Å²) in [7, 11) is 0. The first-order valence-corrected chi connectivity index (χ1v) is 11.3. The van der Waals surface area contributed by atoms with E-state index in [-0.39, 0.29) is 11.8 Å². The Morgan fingerprint density at radius 2 is 1.82 bits per heavy atom. The van der Waals surface area contributed by atoms with Gasteiger partial charge in [-0.05, 0) is 78.9 Å². The van der Waals surface area contributed by atoms with Crippen molar-refractivity contribution in [1.29, 1.82) is 0 Å². The van der Waals surface area contributed by atoms with E-state index in [0.717, 1.165) is 35.1 Å². The molecule has 1 saturated heterocycles. The van der Waals surface area contributed by atoms with Gasteiger partial charge in [-0.3, -0.25) is 9.59 Å². The molecule has 0 spiro atoms. The van der Waals surface area contributed by atoms with Gasteiger partial charge in [0.1, 0.15) is 0 Å². The van der Waals surface area contributed by atoms with Crippen LogP contribution in [0, 0.1) is 6.92 Å². The van der Waals surface area contributed by atoms with Crippen LogP contribution in [0.3, 0.4) is 0 Å². The highest BCUT2D eigenvalue weighted by atomic mass is 35.5. The summed E-state index contributed by atoms with van der Waals surface area (Å²) >= 11 is 5.95. The van der Waals surface area contributed by atoms with Crippen molar-refractivity contribution in [2.75, 3.05) is 17.6 Å². The van der Waals surface area contributed by atoms with Crippen molar-refractivity contribution in [3.8, 4) is 0 Å². The zero-order chi connectivity index (χ0) is 23.4. The number of nitrogens with one attached hydrogen (secondary N) is 1. The van der Waals surface area contributed by atoms with Gasteiger partial charge in [0.2, 0.25) is 5.91 Å². The van der Waals surface area contributed by atoms with Gasteiger partial charge in [-0.1, -0.05) is 41.9 Å². The zero-order valence-corrected chi connectivity index (χ0v) is 19.2. The molecule has 168 valence electrons. The number of carbonyl (C=O) groups is 2. The van der Waals surface area contributed by atoms with E-state index in [1.807, 2.05) is 66.4 Å². The number of nitrogens with zero attached hydrogens (tertiary/aromatic N) is 1. The van der Waals surface area contributed by atoms with Crippen molar-refractivity contribution in [2.24, 2.45) is 0 Å². The number of rotatable bonds is 5. The molecule has 0 bridgehead atoms. The van der Waals surface area contributed by atoms with Crippen molar-refractivity contribution >= 4 is 40.9 Å². The fourth-order valence-electron chi connectivity index (χ4n) is 3.89. The number of nitrogens with two attached hydrogens (primary N) is 1. The molecule has 0 atom stereocenters. The molecule has 3 aromatic carbocycles. The fourth-order valence-corrected chi connectivity index (χ4v) is 4.02. The second kappa shape index (κ2) is 9.92. The first kappa shape index (κ1) is 22.6. The molecule has 0 aliphatic carbocycles. The normalized spacial score (nSPS) is 15.0. The van der Waals surface area contributed by atoms with Crippen molar-refractivity contribution in [1.82, 2.24) is 4.90 Å². The summed E-state index contributed by atoms with van der Waals surface area (Å²) in [6.45, 7) is 3.17. The molecule has 33 heavy (non-hydrogen) atoms. The van der Waals surface area contributed by atoms with Crippen molar-refractivity contribution in [3.05, 3.63) is 99.6 Å². The van der Waals surface area contributed by atoms with Crippen molar-refractivity contribution < 1.29 is 9.59 Å². The summed E-state index contributed by atoms with van der Waals surface area (Å²) in [5.41, 5.74) is 11.4. The van der Waals surface area contributed by atoms with Crippen LogP contribution in [0.15, 0.2) is 72.3 Å². The number of carbonyl (C=O) groups excluding carboxylic acids is 2. The standard InChI is InChI=1S/C27H26ClN3O2/c1-18-4-13-25(24(29)15-18)30-26(32)21-9-5-20(6-10-21)17-31-14-2-3-22(27(31)33)16-19-7-11-23(28)12-8-19/h4-13,15-16H,2-3,14,17,29H2,1H3,(H,30,32)/b22-16+. The molecule has 2 amide bonds. The van der Waals surface area contributed by atoms with E-state index < -0.39 is 0 Å². The lowest BCUT2D eigenvalue weighted by Crippen LogP contribution is -2.36. The molecule has 1 heterocycles. The van der Waals surface area contributed by atoms with Gasteiger partial charge in [0.25, 0.3) is 5.91 Å². The van der Waals surface area contributed by atoms with Crippen LogP contribution in [-0.2, 0) is 11.3 Å². The zero-order valence-electron chi connectivity index (χ0n) is 18.5. The summed E-state index contributed by atoms with van der Waals surface area (Å²) in [6.07, 6.45) is 3.62. The SMILES string of the molecule is Cc1ccc(NC(=O)c2ccc(CN3CCC/C(=C\c4ccc(Cl)cc4)C3=O)cc2)c(N)c1. The van der Waals surface area contributed by atoms with E-state index in [2.05, 4.69) is 5.32 Å². The first-order chi connectivity index (χ1) is 15.9. The van der Waals surface area contributed by atoms with Gasteiger partial charge in [-0.15, -0.1) is 0 Å². The molecule has 5 nitrogen and oxygen atoms in total. The second-order valence-corrected chi connectivity index (χ2v) is 8.73. The lowest BCUT2D eigenvalue weighted by molar-refractivity contribution is -0.129. The maximum absolute atomic E-state index is 13.0. The molecule has 1 fully saturated rings. The molecular formula is C27H26ClN3O2. The average Bonchev–Trinajstić information content (AvgIpc) is 2.80. The fraction of sp³-hybridized carbons (Fsp3) is 0.185. The number of halogens is 1. The van der Waals surface area contributed by atoms with E-state index in [0.29, 0.717) is 35.1 Å². The Bertz CT molecular complexity index is 1200. The van der Waals surface area contributed by atoms with Crippen molar-refractivity contribution in [3.63, 3.8) is 0 Å². The molecule has 4 rings (SSSR count). The number of hydrogen-bond acceptors (Lipinski definition) is 3. The molecule has 1 aliphatic heterocycles. The van der Waals surface area contributed by atoms with Crippen LogP contribution in [0.1, 0.15) is 39.9 Å². The third-order valence-corrected chi connectivity index (χ3v) is 5.94. The number of benzene rings is 3. The predicted molar refractivity (Wildman–Crippen MR) is 134 cm³/mol. The number of anilines is 2. The largest absolute Gasteiger partial charge is 0.397 e. The van der Waals surface area contributed by atoms with E-state index in [9.17, 15) is 9.59 Å². The Morgan fingerprint density at radius 3 is 2.52 bits per heavy atom. The number of piperidine rings is 1. The molecule has 0 radical (unpaired) electrons. The van der Waals surface area contributed by atoms with Gasteiger partial charge in [-0.2, -0.15) is 0 Å². The minimum atomic E-state index is -0.223. The number of amides is 2. The van der Waals surface area contributed by atoms with Gasteiger partial charge in [0.05, 0.1) is 11.4 Å². The highest BCUT2D eigenvalue weighted by molar-refractivity contribution is 6.30. The lowest BCUT2D eigenvalue weighted by atomic mass is 10.00. The number of likely N-dealkylation sites (tertiary alicyclic amines) is 1. The van der Waals surface area contributed by atoms with Crippen LogP contribution in [0.5, 0.6) is 0 Å². The molecule has 0 aromatic heterocycles. The predicted octanol–water partition coefficient (Wildman–Crippen LogP) is 5.69. The van der Waals surface area contributed by atoms with E-state index >= 15 is 0 Å². The van der Waals surface area contributed by atoms with Crippen LogP contribution < -0.4 is 11.1 Å². The molecule has 3 N–H and O–H groups in total. The Hall–Kier alpha value is -3.57. The number of aryl methyl sites for hydroxylation is 1. The molecule has 0 saturated carbocycles. The summed E-state index contributed by atoms with van der Waals surface area (Å²) in [5.74, 6) is -0.174. The molecular weight excluding hydrogens is 434 g/mol. The van der Waals surface area contributed by atoms with E-state index in [1.54, 1.807) is 18.2 Å². The van der Waals surface area contributed by atoms with Crippen molar-refractivity contribution in [2.45, 2.75) is 26.3 Å². The minimum Gasteiger partial charge on any atom is -0.397 e. The maximum atomic E-state index is 13.0. The molecule has 3 aromatic rings. The highest BCUT2D eigenvalue weighted by Gasteiger charge is 2.23. The maximum Gasteiger partial charge on any atom is 0.255 e. The second-order valence-electron chi connectivity index (χ2n) is 8.29. The summed E-state index contributed by atoms with van der Waals surface area (Å²) in [6, 6.07) is 20.3. The molecule has 6 heteroatoms. The number of hydrogen-bond donors (Lipinski definition) is 2. The summed E-state index contributed by atoms with van der Waals surface area (Å²) < 4.78 is 0. The Morgan fingerprint density at radius 1 is 1.09 bits per heavy atom. The molecule has 0 unspecified atom stereocenters. The smallest absolute Gasteiger partial charge is 0.255 e. The summed E-state index contributed by atoms with van der Waals surface area (Å²) in [5, 5.41) is 3.52. The third kappa shape index (κ3) is 5.62. The first-order valence-electron chi connectivity index (χ1n) is 10.9. The van der Waals surface area contributed by atoms with Gasteiger partial charge >= 0.3 is 0 Å². The number of nitrogen functional groups attached to an aromatic ring is 1. The summed E-state index contributed by atoms with van der Waals surface area (Å²) in [4.78, 5) is 27.4. The average molecular weight is 460 g/mol. The topological polar surface area (TPSA) is 75.4 Å².